The SMILES string of the molecule is O=C(COC(=O)c1ccc(Oc2ccccc2)cc1)NCCc1ccc(Cl)cc1Cl. The van der Waals surface area contributed by atoms with Crippen molar-refractivity contribution in [3.05, 3.63) is 94.0 Å². The third-order valence-corrected chi connectivity index (χ3v) is 4.72. The maximum atomic E-state index is 12.1. The van der Waals surface area contributed by atoms with Gasteiger partial charge in [0, 0.05) is 16.6 Å². The molecule has 0 heterocycles. The number of carbonyl (C=O) groups is 2. The van der Waals surface area contributed by atoms with Crippen LogP contribution >= 0.6 is 23.2 Å². The average Bonchev–Trinajstić information content (AvgIpc) is 2.75. The fourth-order valence-corrected chi connectivity index (χ4v) is 3.11. The molecule has 0 atom stereocenters. The molecular weight excluding hydrogens is 425 g/mol. The lowest BCUT2D eigenvalue weighted by Crippen LogP contribution is -2.30. The van der Waals surface area contributed by atoms with Crippen molar-refractivity contribution in [2.24, 2.45) is 0 Å². The minimum Gasteiger partial charge on any atom is -0.457 e. The normalized spacial score (nSPS) is 10.3. The summed E-state index contributed by atoms with van der Waals surface area (Å²) in [5.41, 5.74) is 1.20. The number of nitrogens with one attached hydrogen (secondary N) is 1. The van der Waals surface area contributed by atoms with Gasteiger partial charge in [0.05, 0.1) is 5.56 Å². The largest absolute Gasteiger partial charge is 0.457 e. The molecule has 0 bridgehead atoms. The standard InChI is InChI=1S/C23H19Cl2NO4/c24-18-9-6-16(21(25)14-18)12-13-26-22(27)15-29-23(28)17-7-10-20(11-8-17)30-19-4-2-1-3-5-19/h1-11,14H,12-13,15H2,(H,26,27). The van der Waals surface area contributed by atoms with E-state index in [1.165, 1.54) is 0 Å². The summed E-state index contributed by atoms with van der Waals surface area (Å²) in [7, 11) is 0. The highest BCUT2D eigenvalue weighted by Gasteiger charge is 2.11. The predicted molar refractivity (Wildman–Crippen MR) is 116 cm³/mol. The van der Waals surface area contributed by atoms with Gasteiger partial charge in [0.25, 0.3) is 5.91 Å². The van der Waals surface area contributed by atoms with Gasteiger partial charge in [-0.05, 0) is 60.5 Å². The van der Waals surface area contributed by atoms with Crippen molar-refractivity contribution < 1.29 is 19.1 Å². The molecule has 3 aromatic rings. The summed E-state index contributed by atoms with van der Waals surface area (Å²) < 4.78 is 10.7. The summed E-state index contributed by atoms with van der Waals surface area (Å²) in [4.78, 5) is 24.0. The quantitative estimate of drug-likeness (QED) is 0.479. The van der Waals surface area contributed by atoms with Gasteiger partial charge in [0.15, 0.2) is 6.61 Å². The molecule has 0 saturated heterocycles. The topological polar surface area (TPSA) is 64.6 Å². The Morgan fingerprint density at radius 3 is 2.27 bits per heavy atom. The van der Waals surface area contributed by atoms with E-state index in [4.69, 9.17) is 32.7 Å². The fraction of sp³-hybridized carbons (Fsp3) is 0.130. The Balaban J connectivity index is 1.41. The monoisotopic (exact) mass is 443 g/mol. The Hall–Kier alpha value is -3.02. The van der Waals surface area contributed by atoms with E-state index in [9.17, 15) is 9.59 Å². The number of hydrogen-bond acceptors (Lipinski definition) is 4. The first-order valence-corrected chi connectivity index (χ1v) is 9.97. The summed E-state index contributed by atoms with van der Waals surface area (Å²) in [6.07, 6.45) is 0.540. The van der Waals surface area contributed by atoms with Crippen LogP contribution in [0, 0.1) is 0 Å². The lowest BCUT2D eigenvalue weighted by Gasteiger charge is -2.09. The highest BCUT2D eigenvalue weighted by atomic mass is 35.5. The van der Waals surface area contributed by atoms with Crippen LogP contribution in [0.5, 0.6) is 11.5 Å². The molecule has 5 nitrogen and oxygen atoms in total. The highest BCUT2D eigenvalue weighted by molar-refractivity contribution is 6.35. The maximum Gasteiger partial charge on any atom is 0.338 e. The Bertz CT molecular complexity index is 1010. The third-order valence-electron chi connectivity index (χ3n) is 4.13. The van der Waals surface area contributed by atoms with E-state index in [2.05, 4.69) is 5.32 Å². The lowest BCUT2D eigenvalue weighted by atomic mass is 10.1. The first-order chi connectivity index (χ1) is 14.5. The van der Waals surface area contributed by atoms with Gasteiger partial charge in [-0.3, -0.25) is 4.79 Å². The van der Waals surface area contributed by atoms with Gasteiger partial charge in [-0.15, -0.1) is 0 Å². The van der Waals surface area contributed by atoms with Crippen molar-refractivity contribution in [1.82, 2.24) is 5.32 Å². The zero-order chi connectivity index (χ0) is 21.3. The van der Waals surface area contributed by atoms with Crippen LogP contribution in [-0.2, 0) is 16.0 Å². The molecule has 0 aromatic heterocycles. The van der Waals surface area contributed by atoms with Crippen molar-refractivity contribution in [3.63, 3.8) is 0 Å². The number of carbonyl (C=O) groups excluding carboxylic acids is 2. The molecule has 3 aromatic carbocycles. The highest BCUT2D eigenvalue weighted by Crippen LogP contribution is 2.22. The van der Waals surface area contributed by atoms with E-state index in [1.807, 2.05) is 36.4 Å². The number of rotatable bonds is 8. The molecule has 0 saturated carbocycles. The van der Waals surface area contributed by atoms with E-state index >= 15 is 0 Å². The van der Waals surface area contributed by atoms with Crippen LogP contribution in [-0.4, -0.2) is 25.0 Å². The van der Waals surface area contributed by atoms with E-state index in [1.54, 1.807) is 36.4 Å². The molecule has 0 unspecified atom stereocenters. The maximum absolute atomic E-state index is 12.1. The van der Waals surface area contributed by atoms with Gasteiger partial charge in [-0.1, -0.05) is 47.5 Å². The van der Waals surface area contributed by atoms with E-state index in [-0.39, 0.29) is 6.61 Å². The predicted octanol–water partition coefficient (Wildman–Crippen LogP) is 5.30. The third kappa shape index (κ3) is 6.51. The molecule has 0 aliphatic rings. The Morgan fingerprint density at radius 2 is 1.57 bits per heavy atom. The van der Waals surface area contributed by atoms with E-state index < -0.39 is 11.9 Å². The number of ether oxygens (including phenoxy) is 2. The van der Waals surface area contributed by atoms with Crippen molar-refractivity contribution in [2.75, 3.05) is 13.2 Å². The van der Waals surface area contributed by atoms with Crippen LogP contribution in [0.4, 0.5) is 0 Å². The molecular formula is C23H19Cl2NO4. The first-order valence-electron chi connectivity index (χ1n) is 9.22. The summed E-state index contributed by atoms with van der Waals surface area (Å²) in [6.45, 7) is -0.00128. The second-order valence-electron chi connectivity index (χ2n) is 6.35. The molecule has 0 aliphatic carbocycles. The summed E-state index contributed by atoms with van der Waals surface area (Å²) in [6, 6.07) is 21.0. The van der Waals surface area contributed by atoms with Crippen LogP contribution in [0.25, 0.3) is 0 Å². The van der Waals surface area contributed by atoms with Gasteiger partial charge in [0.2, 0.25) is 0 Å². The Kier molecular flexibility index (Phi) is 7.71. The molecule has 154 valence electrons. The average molecular weight is 444 g/mol. The molecule has 7 heteroatoms. The van der Waals surface area contributed by atoms with Crippen LogP contribution < -0.4 is 10.1 Å². The molecule has 1 N–H and O–H groups in total. The van der Waals surface area contributed by atoms with Gasteiger partial charge >= 0.3 is 5.97 Å². The summed E-state index contributed by atoms with van der Waals surface area (Å²) in [5, 5.41) is 3.79. The molecule has 1 amide bonds. The zero-order valence-corrected chi connectivity index (χ0v) is 17.5. The molecule has 0 spiro atoms. The van der Waals surface area contributed by atoms with E-state index in [0.717, 1.165) is 5.56 Å². The number of hydrogen-bond donors (Lipinski definition) is 1. The van der Waals surface area contributed by atoms with E-state index in [0.29, 0.717) is 40.1 Å². The van der Waals surface area contributed by atoms with Crippen LogP contribution in [0.3, 0.4) is 0 Å². The van der Waals surface area contributed by atoms with Crippen molar-refractivity contribution >= 4 is 35.1 Å². The molecule has 0 radical (unpaired) electrons. The number of amides is 1. The number of para-hydroxylation sites is 1. The minimum absolute atomic E-state index is 0.330. The van der Waals surface area contributed by atoms with Gasteiger partial charge < -0.3 is 14.8 Å². The summed E-state index contributed by atoms with van der Waals surface area (Å²) in [5.74, 6) is 0.315. The lowest BCUT2D eigenvalue weighted by molar-refractivity contribution is -0.124. The molecule has 3 rings (SSSR count). The van der Waals surface area contributed by atoms with Crippen molar-refractivity contribution in [3.8, 4) is 11.5 Å². The number of benzene rings is 3. The van der Waals surface area contributed by atoms with Crippen LogP contribution in [0.1, 0.15) is 15.9 Å². The van der Waals surface area contributed by atoms with Crippen molar-refractivity contribution in [1.29, 1.82) is 0 Å². The van der Waals surface area contributed by atoms with Crippen LogP contribution in [0.2, 0.25) is 10.0 Å². The number of halogens is 2. The second-order valence-corrected chi connectivity index (χ2v) is 7.19. The van der Waals surface area contributed by atoms with Gasteiger partial charge in [-0.25, -0.2) is 4.79 Å². The fourth-order valence-electron chi connectivity index (χ4n) is 2.61. The van der Waals surface area contributed by atoms with Gasteiger partial charge in [-0.2, -0.15) is 0 Å². The molecule has 0 aliphatic heterocycles. The Morgan fingerprint density at radius 1 is 0.867 bits per heavy atom. The first kappa shape index (κ1) is 21.7. The second kappa shape index (κ2) is 10.7. The van der Waals surface area contributed by atoms with Gasteiger partial charge in [0.1, 0.15) is 11.5 Å². The number of esters is 1. The zero-order valence-electron chi connectivity index (χ0n) is 15.9. The van der Waals surface area contributed by atoms with Crippen molar-refractivity contribution in [2.45, 2.75) is 6.42 Å². The molecule has 0 fully saturated rings. The van der Waals surface area contributed by atoms with Crippen LogP contribution in [0.15, 0.2) is 72.8 Å². The summed E-state index contributed by atoms with van der Waals surface area (Å²) >= 11 is 12.0. The minimum atomic E-state index is -0.586. The smallest absolute Gasteiger partial charge is 0.338 e. The molecule has 30 heavy (non-hydrogen) atoms. The Labute approximate surface area is 184 Å².